The van der Waals surface area contributed by atoms with Gasteiger partial charge in [-0.2, -0.15) is 0 Å². The van der Waals surface area contributed by atoms with E-state index in [4.69, 9.17) is 4.42 Å². The minimum Gasteiger partial charge on any atom is -0.455 e. The van der Waals surface area contributed by atoms with Crippen LogP contribution in [-0.2, 0) is 6.42 Å². The lowest BCUT2D eigenvalue weighted by Gasteiger charge is -2.36. The van der Waals surface area contributed by atoms with Gasteiger partial charge in [0.15, 0.2) is 11.5 Å². The van der Waals surface area contributed by atoms with Crippen molar-refractivity contribution >= 4 is 11.7 Å². The second-order valence-corrected chi connectivity index (χ2v) is 9.83. The predicted octanol–water partition coefficient (Wildman–Crippen LogP) is 3.84. The number of amides is 1. The minimum absolute atomic E-state index is 0.0312. The zero-order valence-corrected chi connectivity index (χ0v) is 17.6. The molecule has 27 heavy (non-hydrogen) atoms. The number of carbonyl (C=O) groups excluding carboxylic acids is 2. The van der Waals surface area contributed by atoms with E-state index >= 15 is 0 Å². The van der Waals surface area contributed by atoms with Crippen LogP contribution < -0.4 is 5.32 Å². The van der Waals surface area contributed by atoms with Gasteiger partial charge in [-0.3, -0.25) is 9.59 Å². The van der Waals surface area contributed by atoms with Crippen LogP contribution in [0.1, 0.15) is 79.7 Å². The first-order valence-corrected chi connectivity index (χ1v) is 10.2. The fourth-order valence-corrected chi connectivity index (χ4v) is 4.96. The normalized spacial score (nSPS) is 26.5. The van der Waals surface area contributed by atoms with Gasteiger partial charge in [-0.15, -0.1) is 0 Å². The molecule has 3 unspecified atom stereocenters. The minimum atomic E-state index is -0.210. The van der Waals surface area contributed by atoms with Crippen LogP contribution in [0.3, 0.4) is 0 Å². The van der Waals surface area contributed by atoms with Gasteiger partial charge in [-0.25, -0.2) is 0 Å². The Bertz CT molecular complexity index is 724. The molecule has 1 aromatic rings. The van der Waals surface area contributed by atoms with Crippen molar-refractivity contribution in [3.63, 3.8) is 0 Å². The molecule has 0 bridgehead atoms. The fourth-order valence-electron chi connectivity index (χ4n) is 4.96. The molecular weight excluding hydrogens is 340 g/mol. The number of ketones is 1. The van der Waals surface area contributed by atoms with E-state index in [1.807, 2.05) is 13.8 Å². The average molecular weight is 375 g/mol. The van der Waals surface area contributed by atoms with Gasteiger partial charge in [0, 0.05) is 44.1 Å². The Hall–Kier alpha value is -1.62. The number of rotatable bonds is 4. The molecule has 3 rings (SSSR count). The monoisotopic (exact) mass is 374 g/mol. The maximum absolute atomic E-state index is 12.8. The number of fused-ring (bicyclic) bond motifs is 1. The van der Waals surface area contributed by atoms with Crippen molar-refractivity contribution < 1.29 is 14.0 Å². The third kappa shape index (κ3) is 4.45. The fraction of sp³-hybridized carbons (Fsp3) is 0.727. The first-order chi connectivity index (χ1) is 12.6. The number of piperidine rings is 1. The number of nitrogens with one attached hydrogen (secondary N) is 1. The second kappa shape index (κ2) is 7.42. The molecule has 2 heterocycles. The van der Waals surface area contributed by atoms with Crippen LogP contribution in [-0.4, -0.2) is 42.3 Å². The summed E-state index contributed by atoms with van der Waals surface area (Å²) in [5.74, 6) is 2.25. The van der Waals surface area contributed by atoms with Gasteiger partial charge in [-0.05, 0) is 37.5 Å². The van der Waals surface area contributed by atoms with Crippen molar-refractivity contribution in [1.29, 1.82) is 0 Å². The molecule has 0 saturated carbocycles. The molecular formula is C22H34N2O3. The predicted molar refractivity (Wildman–Crippen MR) is 106 cm³/mol. The molecule has 0 aromatic carbocycles. The zero-order chi connectivity index (χ0) is 19.9. The summed E-state index contributed by atoms with van der Waals surface area (Å²) in [7, 11) is 0. The number of likely N-dealkylation sites (tertiary alicyclic amines) is 1. The summed E-state index contributed by atoms with van der Waals surface area (Å²) in [6.07, 6.45) is 2.48. The quantitative estimate of drug-likeness (QED) is 0.870. The number of hydrogen-bond acceptors (Lipinski definition) is 4. The number of carbonyl (C=O) groups is 2. The molecule has 1 saturated heterocycles. The van der Waals surface area contributed by atoms with E-state index in [1.54, 1.807) is 0 Å². The van der Waals surface area contributed by atoms with Crippen LogP contribution in [0.2, 0.25) is 0 Å². The summed E-state index contributed by atoms with van der Waals surface area (Å²) in [5, 5.41) is 3.07. The van der Waals surface area contributed by atoms with Gasteiger partial charge in [0.1, 0.15) is 5.76 Å². The summed E-state index contributed by atoms with van der Waals surface area (Å²) in [4.78, 5) is 27.7. The summed E-state index contributed by atoms with van der Waals surface area (Å²) >= 11 is 0. The molecule has 1 aliphatic carbocycles. The molecule has 5 heteroatoms. The van der Waals surface area contributed by atoms with Crippen LogP contribution >= 0.6 is 0 Å². The highest BCUT2D eigenvalue weighted by Gasteiger charge is 2.37. The lowest BCUT2D eigenvalue weighted by molar-refractivity contribution is 0.0863. The Balaban J connectivity index is 1.67. The van der Waals surface area contributed by atoms with Crippen molar-refractivity contribution in [2.24, 2.45) is 17.3 Å². The smallest absolute Gasteiger partial charge is 0.287 e. The first-order valence-electron chi connectivity index (χ1n) is 10.2. The molecule has 2 aliphatic rings. The largest absolute Gasteiger partial charge is 0.455 e. The van der Waals surface area contributed by atoms with Crippen LogP contribution in [0.4, 0.5) is 0 Å². The highest BCUT2D eigenvalue weighted by atomic mass is 16.4. The summed E-state index contributed by atoms with van der Waals surface area (Å²) < 4.78 is 5.88. The topological polar surface area (TPSA) is 62.6 Å². The third-order valence-corrected chi connectivity index (χ3v) is 5.84. The lowest BCUT2D eigenvalue weighted by Crippen LogP contribution is -2.47. The first kappa shape index (κ1) is 20.1. The molecule has 1 aliphatic heterocycles. The average Bonchev–Trinajstić information content (AvgIpc) is 2.81. The van der Waals surface area contributed by atoms with Crippen molar-refractivity contribution in [1.82, 2.24) is 10.2 Å². The molecule has 1 aromatic heterocycles. The highest BCUT2D eigenvalue weighted by Crippen LogP contribution is 2.38. The van der Waals surface area contributed by atoms with E-state index in [9.17, 15) is 9.59 Å². The Morgan fingerprint density at radius 2 is 1.89 bits per heavy atom. The van der Waals surface area contributed by atoms with Gasteiger partial charge in [-0.1, -0.05) is 27.7 Å². The maximum Gasteiger partial charge on any atom is 0.287 e. The van der Waals surface area contributed by atoms with Crippen molar-refractivity contribution in [2.75, 3.05) is 19.6 Å². The standard InChI is InChI=1S/C22H34N2O3/c1-13-7-14(2)11-24(10-13)12-15(3)23-21(26)20-16(4)19-17(25)8-22(5,6)9-18(19)27-20/h13-15H,7-12H2,1-6H3,(H,23,26). The Kier molecular flexibility index (Phi) is 5.53. The second-order valence-electron chi connectivity index (χ2n) is 9.83. The van der Waals surface area contributed by atoms with Crippen LogP contribution in [0, 0.1) is 24.2 Å². The van der Waals surface area contributed by atoms with E-state index in [0.29, 0.717) is 47.3 Å². The SMILES string of the molecule is Cc1c(C(=O)NC(C)CN2CC(C)CC(C)C2)oc2c1C(=O)CC(C)(C)C2. The molecule has 1 N–H and O–H groups in total. The Labute approximate surface area is 162 Å². The highest BCUT2D eigenvalue weighted by molar-refractivity contribution is 6.03. The third-order valence-electron chi connectivity index (χ3n) is 5.84. The van der Waals surface area contributed by atoms with E-state index in [-0.39, 0.29) is 23.1 Å². The van der Waals surface area contributed by atoms with Gasteiger partial charge in [0.2, 0.25) is 0 Å². The molecule has 3 atom stereocenters. The number of furan rings is 1. The number of hydrogen-bond donors (Lipinski definition) is 1. The van der Waals surface area contributed by atoms with Gasteiger partial charge in [0.25, 0.3) is 5.91 Å². The van der Waals surface area contributed by atoms with Crippen molar-refractivity contribution in [3.8, 4) is 0 Å². The van der Waals surface area contributed by atoms with Crippen molar-refractivity contribution in [3.05, 3.63) is 22.6 Å². The van der Waals surface area contributed by atoms with Crippen LogP contribution in [0.25, 0.3) is 0 Å². The molecule has 5 nitrogen and oxygen atoms in total. The summed E-state index contributed by atoms with van der Waals surface area (Å²) in [5.41, 5.74) is 1.21. The van der Waals surface area contributed by atoms with E-state index in [0.717, 1.165) is 19.6 Å². The Morgan fingerprint density at radius 1 is 1.26 bits per heavy atom. The van der Waals surface area contributed by atoms with E-state index in [1.165, 1.54) is 6.42 Å². The Morgan fingerprint density at radius 3 is 2.52 bits per heavy atom. The summed E-state index contributed by atoms with van der Waals surface area (Å²) in [6.45, 7) is 15.6. The molecule has 1 fully saturated rings. The number of nitrogens with zero attached hydrogens (tertiary/aromatic N) is 1. The molecule has 150 valence electrons. The van der Waals surface area contributed by atoms with Gasteiger partial charge >= 0.3 is 0 Å². The molecule has 0 radical (unpaired) electrons. The number of Topliss-reactive ketones (excluding diaryl/α,β-unsaturated/α-hetero) is 1. The van der Waals surface area contributed by atoms with Crippen molar-refractivity contribution in [2.45, 2.75) is 66.8 Å². The molecule has 0 spiro atoms. The van der Waals surface area contributed by atoms with Gasteiger partial charge in [0.05, 0.1) is 5.56 Å². The van der Waals surface area contributed by atoms with E-state index < -0.39 is 0 Å². The lowest BCUT2D eigenvalue weighted by atomic mass is 9.76. The maximum atomic E-state index is 12.8. The van der Waals surface area contributed by atoms with Crippen LogP contribution in [0.15, 0.2) is 4.42 Å². The van der Waals surface area contributed by atoms with Gasteiger partial charge < -0.3 is 14.6 Å². The van der Waals surface area contributed by atoms with Crippen LogP contribution in [0.5, 0.6) is 0 Å². The van der Waals surface area contributed by atoms with E-state index in [2.05, 4.69) is 37.9 Å². The molecule has 1 amide bonds. The zero-order valence-electron chi connectivity index (χ0n) is 17.6. The summed E-state index contributed by atoms with van der Waals surface area (Å²) in [6, 6.07) is 0.0312.